The molecule has 0 radical (unpaired) electrons. The standard InChI is InChI=1S/C33H41F4N5O2S2/c34-24-8-13-39(14-9-24)16-18-46-30-19-23(6-7-27(30)33(35,36)37)31-26-22-41(32(44)29-5-4-17-45-29)15-10-28(26)42(38-31)21-25(43)20-40-11-2-1-3-12-40/h4-7,17,19,24-25,43H,1-3,8-16,18,20-22H2/t25-/m0/s1. The van der Waals surface area contributed by atoms with Gasteiger partial charge >= 0.3 is 6.18 Å². The minimum atomic E-state index is -4.52. The zero-order chi connectivity index (χ0) is 32.3. The molecule has 0 aliphatic carbocycles. The molecule has 6 rings (SSSR count). The molecule has 2 aromatic heterocycles. The summed E-state index contributed by atoms with van der Waals surface area (Å²) < 4.78 is 57.8. The maximum absolute atomic E-state index is 14.1. The summed E-state index contributed by atoms with van der Waals surface area (Å²) in [5.41, 5.74) is 2.13. The second-order valence-electron chi connectivity index (χ2n) is 12.5. The molecule has 1 amide bonds. The molecule has 1 aromatic carbocycles. The summed E-state index contributed by atoms with van der Waals surface area (Å²) >= 11 is 2.54. The summed E-state index contributed by atoms with van der Waals surface area (Å²) in [6.45, 7) is 5.31. The SMILES string of the molecule is O=C(c1cccs1)N1CCc2c(c(-c3ccc(C(F)(F)F)c(SCCN4CCC(F)CC4)c3)nn2C[C@@H](O)CN2CCCCC2)C1. The Labute approximate surface area is 275 Å². The van der Waals surface area contributed by atoms with Crippen LogP contribution < -0.4 is 0 Å². The fourth-order valence-electron chi connectivity index (χ4n) is 6.73. The summed E-state index contributed by atoms with van der Waals surface area (Å²) in [5, 5.41) is 17.8. The minimum absolute atomic E-state index is 0.0788. The topological polar surface area (TPSA) is 64.8 Å². The van der Waals surface area contributed by atoms with Gasteiger partial charge in [0.25, 0.3) is 5.91 Å². The van der Waals surface area contributed by atoms with Gasteiger partial charge in [-0.2, -0.15) is 18.3 Å². The number of nitrogens with zero attached hydrogens (tertiary/aromatic N) is 5. The Morgan fingerprint density at radius 3 is 2.54 bits per heavy atom. The van der Waals surface area contributed by atoms with E-state index in [1.54, 1.807) is 17.0 Å². The molecule has 13 heteroatoms. The van der Waals surface area contributed by atoms with Crippen LogP contribution in [0.4, 0.5) is 17.6 Å². The fourth-order valence-corrected chi connectivity index (χ4v) is 8.54. The van der Waals surface area contributed by atoms with Crippen LogP contribution in [-0.4, -0.2) is 99.3 Å². The molecule has 250 valence electrons. The number of fused-ring (bicyclic) bond motifs is 1. The number of thiophene rings is 1. The lowest BCUT2D eigenvalue weighted by Gasteiger charge is -2.29. The van der Waals surface area contributed by atoms with E-state index in [1.165, 1.54) is 23.8 Å². The lowest BCUT2D eigenvalue weighted by Crippen LogP contribution is -2.39. The van der Waals surface area contributed by atoms with Gasteiger partial charge in [-0.25, -0.2) is 4.39 Å². The quantitative estimate of drug-likeness (QED) is 0.204. The Hall–Kier alpha value is -2.45. The Bertz CT molecular complexity index is 1470. The number of halogens is 4. The normalized spacial score (nSPS) is 19.4. The van der Waals surface area contributed by atoms with Crippen molar-refractivity contribution >= 4 is 29.0 Å². The molecule has 2 fully saturated rings. The Morgan fingerprint density at radius 2 is 1.83 bits per heavy atom. The largest absolute Gasteiger partial charge is 0.417 e. The molecule has 1 N–H and O–H groups in total. The van der Waals surface area contributed by atoms with Crippen molar-refractivity contribution in [3.05, 3.63) is 57.4 Å². The minimum Gasteiger partial charge on any atom is -0.390 e. The second kappa shape index (κ2) is 14.8. The van der Waals surface area contributed by atoms with Gasteiger partial charge in [-0.3, -0.25) is 9.48 Å². The molecule has 3 aliphatic rings. The van der Waals surface area contributed by atoms with E-state index in [4.69, 9.17) is 5.10 Å². The molecular weight excluding hydrogens is 639 g/mol. The van der Waals surface area contributed by atoms with Gasteiger partial charge in [0.05, 0.1) is 35.3 Å². The number of rotatable bonds is 10. The van der Waals surface area contributed by atoms with Gasteiger partial charge in [0.2, 0.25) is 0 Å². The van der Waals surface area contributed by atoms with Crippen LogP contribution in [0.2, 0.25) is 0 Å². The molecular formula is C33H41F4N5O2S2. The highest BCUT2D eigenvalue weighted by molar-refractivity contribution is 7.99. The van der Waals surface area contributed by atoms with Crippen molar-refractivity contribution in [1.82, 2.24) is 24.5 Å². The van der Waals surface area contributed by atoms with Gasteiger partial charge < -0.3 is 19.8 Å². The van der Waals surface area contributed by atoms with Crippen LogP contribution in [0.1, 0.15) is 58.6 Å². The number of thioether (sulfide) groups is 1. The summed E-state index contributed by atoms with van der Waals surface area (Å²) in [7, 11) is 0. The van der Waals surface area contributed by atoms with E-state index in [1.807, 2.05) is 16.1 Å². The van der Waals surface area contributed by atoms with Crippen LogP contribution in [-0.2, 0) is 25.7 Å². The van der Waals surface area contributed by atoms with Crippen LogP contribution in [0.15, 0.2) is 40.6 Å². The third kappa shape index (κ3) is 7.98. The number of aliphatic hydroxyl groups excluding tert-OH is 1. The van der Waals surface area contributed by atoms with Crippen molar-refractivity contribution in [3.8, 4) is 11.3 Å². The number of carbonyl (C=O) groups excluding carboxylic acids is 1. The van der Waals surface area contributed by atoms with Gasteiger partial charge in [0.1, 0.15) is 6.17 Å². The number of hydrogen-bond acceptors (Lipinski definition) is 7. The Kier molecular flexibility index (Phi) is 10.7. The number of β-amino-alcohol motifs (C(OH)–C–C–N with tert-alkyl or cyclic N) is 1. The molecule has 3 aromatic rings. The first kappa shape index (κ1) is 33.5. The van der Waals surface area contributed by atoms with Crippen LogP contribution >= 0.6 is 23.1 Å². The highest BCUT2D eigenvalue weighted by Crippen LogP contribution is 2.40. The molecule has 0 saturated carbocycles. The van der Waals surface area contributed by atoms with Crippen molar-refractivity contribution < 1.29 is 27.5 Å². The van der Waals surface area contributed by atoms with E-state index in [0.717, 1.165) is 55.0 Å². The van der Waals surface area contributed by atoms with Crippen molar-refractivity contribution in [1.29, 1.82) is 0 Å². The van der Waals surface area contributed by atoms with Gasteiger partial charge in [-0.15, -0.1) is 23.1 Å². The molecule has 46 heavy (non-hydrogen) atoms. The average molecular weight is 680 g/mol. The monoisotopic (exact) mass is 679 g/mol. The maximum atomic E-state index is 14.1. The molecule has 0 bridgehead atoms. The van der Waals surface area contributed by atoms with Gasteiger partial charge in [0, 0.05) is 66.6 Å². The molecule has 3 aliphatic heterocycles. The zero-order valence-corrected chi connectivity index (χ0v) is 27.5. The number of carbonyl (C=O) groups is 1. The lowest BCUT2D eigenvalue weighted by molar-refractivity contribution is -0.139. The first-order valence-electron chi connectivity index (χ1n) is 16.2. The van der Waals surface area contributed by atoms with Gasteiger partial charge in [-0.05, 0) is 62.4 Å². The summed E-state index contributed by atoms with van der Waals surface area (Å²) in [4.78, 5) is 20.2. The molecule has 1 atom stereocenters. The van der Waals surface area contributed by atoms with Crippen molar-refractivity contribution in [3.63, 3.8) is 0 Å². The Morgan fingerprint density at radius 1 is 1.04 bits per heavy atom. The number of aliphatic hydroxyl groups is 1. The third-order valence-corrected chi connectivity index (χ3v) is 11.1. The van der Waals surface area contributed by atoms with Crippen LogP contribution in [0.5, 0.6) is 0 Å². The average Bonchev–Trinajstić information content (AvgIpc) is 3.70. The number of aromatic nitrogens is 2. The number of benzene rings is 1. The second-order valence-corrected chi connectivity index (χ2v) is 14.6. The van der Waals surface area contributed by atoms with Crippen LogP contribution in [0.25, 0.3) is 11.3 Å². The number of likely N-dealkylation sites (tertiary alicyclic amines) is 2. The smallest absolute Gasteiger partial charge is 0.390 e. The van der Waals surface area contributed by atoms with Crippen molar-refractivity contribution in [2.24, 2.45) is 0 Å². The first-order valence-corrected chi connectivity index (χ1v) is 18.0. The summed E-state index contributed by atoms with van der Waals surface area (Å²) in [6, 6.07) is 7.79. The molecule has 0 unspecified atom stereocenters. The first-order chi connectivity index (χ1) is 22.2. The summed E-state index contributed by atoms with van der Waals surface area (Å²) in [5.74, 6) is 0.367. The van der Waals surface area contributed by atoms with E-state index in [0.29, 0.717) is 73.9 Å². The number of hydrogen-bond donors (Lipinski definition) is 1. The van der Waals surface area contributed by atoms with E-state index in [9.17, 15) is 27.5 Å². The van der Waals surface area contributed by atoms with E-state index in [-0.39, 0.29) is 23.9 Å². The number of piperidine rings is 2. The summed E-state index contributed by atoms with van der Waals surface area (Å²) in [6.07, 6.45) is -1.08. The molecule has 7 nitrogen and oxygen atoms in total. The van der Waals surface area contributed by atoms with Crippen LogP contribution in [0, 0.1) is 0 Å². The predicted molar refractivity (Wildman–Crippen MR) is 173 cm³/mol. The van der Waals surface area contributed by atoms with E-state index >= 15 is 0 Å². The van der Waals surface area contributed by atoms with E-state index < -0.39 is 24.0 Å². The van der Waals surface area contributed by atoms with E-state index in [2.05, 4.69) is 9.80 Å². The van der Waals surface area contributed by atoms with Gasteiger partial charge in [-0.1, -0.05) is 18.6 Å². The van der Waals surface area contributed by atoms with Gasteiger partial charge in [0.15, 0.2) is 0 Å². The molecule has 2 saturated heterocycles. The lowest BCUT2D eigenvalue weighted by atomic mass is 9.99. The third-order valence-electron chi connectivity index (χ3n) is 9.20. The number of alkyl halides is 4. The highest BCUT2D eigenvalue weighted by atomic mass is 32.2. The predicted octanol–water partition coefficient (Wildman–Crippen LogP) is 6.20. The van der Waals surface area contributed by atoms with Crippen molar-refractivity contribution in [2.75, 3.05) is 51.6 Å². The fraction of sp³-hybridized carbons (Fsp3) is 0.576. The highest BCUT2D eigenvalue weighted by Gasteiger charge is 2.35. The van der Waals surface area contributed by atoms with Crippen LogP contribution in [0.3, 0.4) is 0 Å². The molecule has 0 spiro atoms. The number of amides is 1. The molecule has 5 heterocycles. The maximum Gasteiger partial charge on any atom is 0.417 e. The Balaban J connectivity index is 1.28. The van der Waals surface area contributed by atoms with Crippen molar-refractivity contribution in [2.45, 2.75) is 75.0 Å². The zero-order valence-electron chi connectivity index (χ0n) is 25.9.